The zero-order chi connectivity index (χ0) is 8.32. The summed E-state index contributed by atoms with van der Waals surface area (Å²) in [5.41, 5.74) is 5.16. The molecule has 1 fully saturated rings. The lowest BCUT2D eigenvalue weighted by Crippen LogP contribution is -2.45. The molecule has 2 heteroatoms. The van der Waals surface area contributed by atoms with Crippen LogP contribution in [0.25, 0.3) is 0 Å². The summed E-state index contributed by atoms with van der Waals surface area (Å²) in [7, 11) is 0. The molecule has 1 unspecified atom stereocenters. The molecule has 1 saturated carbocycles. The number of aliphatic hydroxyl groups is 1. The lowest BCUT2D eigenvalue weighted by Gasteiger charge is -2.30. The predicted octanol–water partition coefficient (Wildman–Crippen LogP) is 1.42. The molecule has 0 spiro atoms. The van der Waals surface area contributed by atoms with E-state index in [1.54, 1.807) is 0 Å². The van der Waals surface area contributed by atoms with Crippen molar-refractivity contribution in [3.63, 3.8) is 0 Å². The topological polar surface area (TPSA) is 46.2 Å². The van der Waals surface area contributed by atoms with Gasteiger partial charge >= 0.3 is 0 Å². The van der Waals surface area contributed by atoms with E-state index >= 15 is 0 Å². The molecule has 66 valence electrons. The van der Waals surface area contributed by atoms with Gasteiger partial charge in [0.15, 0.2) is 0 Å². The van der Waals surface area contributed by atoms with E-state index in [0.29, 0.717) is 0 Å². The summed E-state index contributed by atoms with van der Waals surface area (Å²) >= 11 is 0. The van der Waals surface area contributed by atoms with Crippen LogP contribution < -0.4 is 5.73 Å². The van der Waals surface area contributed by atoms with E-state index in [1.165, 1.54) is 12.8 Å². The Hall–Kier alpha value is -0.0800. The number of hydrogen-bond acceptors (Lipinski definition) is 2. The first-order chi connectivity index (χ1) is 5.15. The maximum absolute atomic E-state index is 10.0. The highest BCUT2D eigenvalue weighted by Gasteiger charge is 2.31. The van der Waals surface area contributed by atoms with Crippen LogP contribution in [0.3, 0.4) is 0 Å². The van der Waals surface area contributed by atoms with E-state index in [1.807, 2.05) is 6.92 Å². The second-order valence-electron chi connectivity index (χ2n) is 3.81. The van der Waals surface area contributed by atoms with Gasteiger partial charge in [-0.2, -0.15) is 0 Å². The van der Waals surface area contributed by atoms with Crippen molar-refractivity contribution in [2.45, 2.75) is 57.1 Å². The lowest BCUT2D eigenvalue weighted by molar-refractivity contribution is 0.00496. The molecule has 0 amide bonds. The average Bonchev–Trinajstić information content (AvgIpc) is 2.15. The van der Waals surface area contributed by atoms with Crippen molar-refractivity contribution >= 4 is 0 Å². The minimum absolute atomic E-state index is 0.0689. The summed E-state index contributed by atoms with van der Waals surface area (Å²) in [4.78, 5) is 0. The van der Waals surface area contributed by atoms with E-state index in [4.69, 9.17) is 5.73 Å². The molecule has 0 aromatic carbocycles. The Labute approximate surface area is 68.8 Å². The standard InChI is InChI=1S/C9H19NO/c1-8(10)9(11)6-4-2-3-5-7-9/h8,11H,2-7,10H2,1H3. The van der Waals surface area contributed by atoms with Crippen LogP contribution in [0.15, 0.2) is 0 Å². The van der Waals surface area contributed by atoms with Gasteiger partial charge in [0.25, 0.3) is 0 Å². The highest BCUT2D eigenvalue weighted by Crippen LogP contribution is 2.28. The Morgan fingerprint density at radius 1 is 1.18 bits per heavy atom. The van der Waals surface area contributed by atoms with Crippen LogP contribution in [0.2, 0.25) is 0 Å². The van der Waals surface area contributed by atoms with Crippen molar-refractivity contribution in [1.29, 1.82) is 0 Å². The largest absolute Gasteiger partial charge is 0.388 e. The molecule has 2 nitrogen and oxygen atoms in total. The molecule has 11 heavy (non-hydrogen) atoms. The normalized spacial score (nSPS) is 27.5. The fourth-order valence-corrected chi connectivity index (χ4v) is 1.80. The van der Waals surface area contributed by atoms with Crippen molar-refractivity contribution in [2.24, 2.45) is 5.73 Å². The quantitative estimate of drug-likeness (QED) is 0.565. The highest BCUT2D eigenvalue weighted by molar-refractivity contribution is 4.87. The minimum Gasteiger partial charge on any atom is -0.388 e. The fraction of sp³-hybridized carbons (Fsp3) is 1.00. The van der Waals surface area contributed by atoms with Crippen LogP contribution in [-0.2, 0) is 0 Å². The Bertz CT molecular complexity index is 115. The second kappa shape index (κ2) is 3.55. The molecule has 1 atom stereocenters. The minimum atomic E-state index is -0.559. The third-order valence-electron chi connectivity index (χ3n) is 2.82. The van der Waals surface area contributed by atoms with Crippen molar-refractivity contribution in [3.05, 3.63) is 0 Å². The van der Waals surface area contributed by atoms with Crippen LogP contribution in [0.1, 0.15) is 45.4 Å². The SMILES string of the molecule is CC(N)C1(O)CCCCCC1. The summed E-state index contributed by atoms with van der Waals surface area (Å²) < 4.78 is 0. The van der Waals surface area contributed by atoms with Crippen LogP contribution in [0.4, 0.5) is 0 Å². The highest BCUT2D eigenvalue weighted by atomic mass is 16.3. The van der Waals surface area contributed by atoms with E-state index in [0.717, 1.165) is 25.7 Å². The molecule has 0 bridgehead atoms. The van der Waals surface area contributed by atoms with E-state index in [-0.39, 0.29) is 6.04 Å². The maximum Gasteiger partial charge on any atom is 0.0795 e. The molecule has 0 aromatic heterocycles. The summed E-state index contributed by atoms with van der Waals surface area (Å²) in [5.74, 6) is 0. The molecular weight excluding hydrogens is 138 g/mol. The molecule has 3 N–H and O–H groups in total. The van der Waals surface area contributed by atoms with Crippen LogP contribution in [0.5, 0.6) is 0 Å². The smallest absolute Gasteiger partial charge is 0.0795 e. The van der Waals surface area contributed by atoms with Gasteiger partial charge in [-0.25, -0.2) is 0 Å². The molecule has 0 radical (unpaired) electrons. The van der Waals surface area contributed by atoms with Gasteiger partial charge in [0.1, 0.15) is 0 Å². The van der Waals surface area contributed by atoms with Crippen molar-refractivity contribution in [1.82, 2.24) is 0 Å². The van der Waals surface area contributed by atoms with Crippen molar-refractivity contribution in [2.75, 3.05) is 0 Å². The van der Waals surface area contributed by atoms with Gasteiger partial charge in [-0.3, -0.25) is 0 Å². The van der Waals surface area contributed by atoms with E-state index in [9.17, 15) is 5.11 Å². The number of rotatable bonds is 1. The first kappa shape index (κ1) is 9.01. The van der Waals surface area contributed by atoms with Gasteiger partial charge in [0.2, 0.25) is 0 Å². The van der Waals surface area contributed by atoms with Gasteiger partial charge in [-0.15, -0.1) is 0 Å². The number of nitrogens with two attached hydrogens (primary N) is 1. The van der Waals surface area contributed by atoms with Crippen LogP contribution in [0, 0.1) is 0 Å². The fourth-order valence-electron chi connectivity index (χ4n) is 1.80. The Morgan fingerprint density at radius 2 is 1.64 bits per heavy atom. The first-order valence-corrected chi connectivity index (χ1v) is 4.63. The zero-order valence-corrected chi connectivity index (χ0v) is 7.34. The predicted molar refractivity (Wildman–Crippen MR) is 46.3 cm³/mol. The third kappa shape index (κ3) is 2.17. The summed E-state index contributed by atoms with van der Waals surface area (Å²) in [6, 6.07) is -0.0689. The van der Waals surface area contributed by atoms with Crippen molar-refractivity contribution in [3.8, 4) is 0 Å². The maximum atomic E-state index is 10.0. The molecule has 1 aliphatic carbocycles. The van der Waals surface area contributed by atoms with Gasteiger partial charge < -0.3 is 10.8 Å². The molecule has 0 aliphatic heterocycles. The van der Waals surface area contributed by atoms with Gasteiger partial charge in [0.05, 0.1) is 5.60 Å². The van der Waals surface area contributed by atoms with Crippen LogP contribution in [-0.4, -0.2) is 16.7 Å². The summed E-state index contributed by atoms with van der Waals surface area (Å²) in [5, 5.41) is 10.0. The molecule has 1 aliphatic rings. The Kier molecular flexibility index (Phi) is 2.90. The van der Waals surface area contributed by atoms with Gasteiger partial charge in [0, 0.05) is 6.04 Å². The molecular formula is C9H19NO. The summed E-state index contributed by atoms with van der Waals surface area (Å²) in [6.07, 6.45) is 6.58. The third-order valence-corrected chi connectivity index (χ3v) is 2.82. The molecule has 0 aromatic rings. The second-order valence-corrected chi connectivity index (χ2v) is 3.81. The zero-order valence-electron chi connectivity index (χ0n) is 7.34. The molecule has 1 rings (SSSR count). The van der Waals surface area contributed by atoms with Crippen molar-refractivity contribution < 1.29 is 5.11 Å². The molecule has 0 heterocycles. The summed E-state index contributed by atoms with van der Waals surface area (Å²) in [6.45, 7) is 1.91. The molecule has 0 saturated heterocycles. The Morgan fingerprint density at radius 3 is 2.00 bits per heavy atom. The van der Waals surface area contributed by atoms with Crippen LogP contribution >= 0.6 is 0 Å². The van der Waals surface area contributed by atoms with Gasteiger partial charge in [-0.05, 0) is 19.8 Å². The monoisotopic (exact) mass is 157 g/mol. The Balaban J connectivity index is 2.52. The first-order valence-electron chi connectivity index (χ1n) is 4.63. The van der Waals surface area contributed by atoms with Gasteiger partial charge in [-0.1, -0.05) is 25.7 Å². The van der Waals surface area contributed by atoms with E-state index < -0.39 is 5.60 Å². The lowest BCUT2D eigenvalue weighted by atomic mass is 9.88. The van der Waals surface area contributed by atoms with E-state index in [2.05, 4.69) is 0 Å². The average molecular weight is 157 g/mol. The number of hydrogen-bond donors (Lipinski definition) is 2.